The molecule has 1 amide bonds. The van der Waals surface area contributed by atoms with Crippen molar-refractivity contribution in [3.63, 3.8) is 0 Å². The van der Waals surface area contributed by atoms with Crippen molar-refractivity contribution in [2.45, 2.75) is 46.1 Å². The van der Waals surface area contributed by atoms with Crippen molar-refractivity contribution in [2.75, 3.05) is 21.3 Å². The maximum absolute atomic E-state index is 13.0. The number of thiophene rings is 1. The number of ether oxygens (including phenoxy) is 3. The Balaban J connectivity index is 1.82. The molecule has 2 atom stereocenters. The van der Waals surface area contributed by atoms with Gasteiger partial charge in [-0.05, 0) is 59.9 Å². The molecule has 1 heterocycles. The van der Waals surface area contributed by atoms with Crippen LogP contribution >= 0.6 is 11.3 Å². The lowest BCUT2D eigenvalue weighted by Gasteiger charge is -2.33. The molecule has 0 aliphatic heterocycles. The van der Waals surface area contributed by atoms with Crippen LogP contribution in [0.5, 0.6) is 17.2 Å². The van der Waals surface area contributed by atoms with Gasteiger partial charge in [0, 0.05) is 4.88 Å². The van der Waals surface area contributed by atoms with Crippen LogP contribution < -0.4 is 19.5 Å². The van der Waals surface area contributed by atoms with Crippen LogP contribution in [0, 0.1) is 22.7 Å². The number of fused-ring (bicyclic) bond motifs is 1. The van der Waals surface area contributed by atoms with Crippen molar-refractivity contribution in [1.29, 1.82) is 5.26 Å². The summed E-state index contributed by atoms with van der Waals surface area (Å²) in [6, 6.07) is 6.69. The zero-order chi connectivity index (χ0) is 22.8. The number of nitriles is 1. The van der Waals surface area contributed by atoms with E-state index in [1.807, 2.05) is 6.07 Å². The maximum atomic E-state index is 13.0. The summed E-state index contributed by atoms with van der Waals surface area (Å²) >= 11 is 1.53. The fraction of sp³-hybridized carbons (Fsp3) is 0.500. The Hall–Kier alpha value is -2.72. The van der Waals surface area contributed by atoms with Crippen molar-refractivity contribution >= 4 is 17.2 Å². The van der Waals surface area contributed by atoms with Gasteiger partial charge in [0.25, 0.3) is 5.91 Å². The van der Waals surface area contributed by atoms with Crippen molar-refractivity contribution in [1.82, 2.24) is 5.32 Å². The van der Waals surface area contributed by atoms with Crippen LogP contribution in [-0.2, 0) is 12.8 Å². The lowest BCUT2D eigenvalue weighted by Crippen LogP contribution is -2.27. The second-order valence-corrected chi connectivity index (χ2v) is 10.00. The molecule has 7 heteroatoms. The first-order valence-corrected chi connectivity index (χ1v) is 11.1. The molecule has 0 saturated carbocycles. The van der Waals surface area contributed by atoms with E-state index < -0.39 is 6.04 Å². The number of nitrogens with one attached hydrogen (secondary N) is 1. The SMILES string of the molecule is COc1cc([C@@H](C#N)NC(=O)c2cc3c(s2)CC[C@@H](C(C)(C)C)C3)cc(OC)c1OC. The average molecular weight is 443 g/mol. The van der Waals surface area contributed by atoms with Crippen molar-refractivity contribution < 1.29 is 19.0 Å². The molecule has 6 nitrogen and oxygen atoms in total. The van der Waals surface area contributed by atoms with E-state index in [4.69, 9.17) is 14.2 Å². The molecule has 31 heavy (non-hydrogen) atoms. The first kappa shape index (κ1) is 23.0. The Labute approximate surface area is 188 Å². The summed E-state index contributed by atoms with van der Waals surface area (Å²) in [5.74, 6) is 1.68. The predicted molar refractivity (Wildman–Crippen MR) is 121 cm³/mol. The van der Waals surface area contributed by atoms with Crippen LogP contribution in [0.4, 0.5) is 0 Å². The topological polar surface area (TPSA) is 80.6 Å². The molecular formula is C24H30N2O4S. The van der Waals surface area contributed by atoms with E-state index in [0.29, 0.717) is 33.6 Å². The second-order valence-electron chi connectivity index (χ2n) is 8.86. The first-order chi connectivity index (χ1) is 14.7. The Bertz CT molecular complexity index is 975. The molecule has 0 radical (unpaired) electrons. The number of benzene rings is 1. The van der Waals surface area contributed by atoms with Crippen LogP contribution in [0.1, 0.15) is 58.9 Å². The van der Waals surface area contributed by atoms with E-state index in [-0.39, 0.29) is 11.3 Å². The number of nitrogens with zero attached hydrogens (tertiary/aromatic N) is 1. The Morgan fingerprint density at radius 3 is 2.32 bits per heavy atom. The van der Waals surface area contributed by atoms with Crippen LogP contribution in [0.3, 0.4) is 0 Å². The van der Waals surface area contributed by atoms with E-state index in [1.54, 1.807) is 12.1 Å². The number of amides is 1. The lowest BCUT2D eigenvalue weighted by molar-refractivity contribution is 0.0949. The predicted octanol–water partition coefficient (Wildman–Crippen LogP) is 4.92. The Morgan fingerprint density at radius 2 is 1.81 bits per heavy atom. The lowest BCUT2D eigenvalue weighted by atomic mass is 9.72. The fourth-order valence-corrected chi connectivity index (χ4v) is 5.15. The number of carbonyl (C=O) groups excluding carboxylic acids is 1. The standard InChI is InChI=1S/C24H30N2O4S/c1-24(2,3)16-7-8-20-15(9-16)12-21(31-20)23(27)26-17(13-25)14-10-18(28-4)22(30-6)19(11-14)29-5/h10-12,16-17H,7-9H2,1-6H3,(H,26,27)/t16-,17-/m1/s1. The molecule has 3 rings (SSSR count). The molecule has 2 aromatic rings. The molecule has 1 aliphatic rings. The fourth-order valence-electron chi connectivity index (χ4n) is 4.04. The molecule has 0 spiro atoms. The zero-order valence-corrected chi connectivity index (χ0v) is 19.8. The van der Waals surface area contributed by atoms with Gasteiger partial charge in [-0.3, -0.25) is 4.79 Å². The minimum Gasteiger partial charge on any atom is -0.493 e. The largest absolute Gasteiger partial charge is 0.493 e. The van der Waals surface area contributed by atoms with Crippen LogP contribution in [0.25, 0.3) is 0 Å². The molecular weight excluding hydrogens is 412 g/mol. The van der Waals surface area contributed by atoms with Crippen molar-refractivity contribution in [2.24, 2.45) is 11.3 Å². The van der Waals surface area contributed by atoms with Crippen LogP contribution in [0.2, 0.25) is 0 Å². The van der Waals surface area contributed by atoms with Crippen LogP contribution in [0.15, 0.2) is 18.2 Å². The summed E-state index contributed by atoms with van der Waals surface area (Å²) in [5, 5.41) is 12.6. The summed E-state index contributed by atoms with van der Waals surface area (Å²) in [6.45, 7) is 6.83. The van der Waals surface area contributed by atoms with E-state index in [0.717, 1.165) is 19.3 Å². The highest BCUT2D eigenvalue weighted by Crippen LogP contribution is 2.41. The number of hydrogen-bond acceptors (Lipinski definition) is 6. The summed E-state index contributed by atoms with van der Waals surface area (Å²) < 4.78 is 16.1. The van der Waals surface area contributed by atoms with Crippen molar-refractivity contribution in [3.05, 3.63) is 39.1 Å². The summed E-state index contributed by atoms with van der Waals surface area (Å²) in [6.07, 6.45) is 3.14. The smallest absolute Gasteiger partial charge is 0.262 e. The van der Waals surface area contributed by atoms with Gasteiger partial charge in [0.1, 0.15) is 6.04 Å². The van der Waals surface area contributed by atoms with E-state index in [2.05, 4.69) is 32.2 Å². The highest BCUT2D eigenvalue weighted by Gasteiger charge is 2.31. The second kappa shape index (κ2) is 9.19. The monoisotopic (exact) mass is 442 g/mol. The van der Waals surface area contributed by atoms with Gasteiger partial charge in [0.15, 0.2) is 11.5 Å². The minimum absolute atomic E-state index is 0.244. The van der Waals surface area contributed by atoms with E-state index in [1.165, 1.54) is 43.1 Å². The molecule has 0 bridgehead atoms. The van der Waals surface area contributed by atoms with Gasteiger partial charge in [-0.25, -0.2) is 0 Å². The summed E-state index contributed by atoms with van der Waals surface area (Å²) in [7, 11) is 4.55. The number of hydrogen-bond donors (Lipinski definition) is 1. The molecule has 1 aliphatic carbocycles. The summed E-state index contributed by atoms with van der Waals surface area (Å²) in [4.78, 5) is 14.9. The third-order valence-corrected chi connectivity index (χ3v) is 7.19. The third kappa shape index (κ3) is 4.80. The van der Waals surface area contributed by atoms with Gasteiger partial charge in [-0.15, -0.1) is 11.3 Å². The average Bonchev–Trinajstić information content (AvgIpc) is 3.19. The molecule has 166 valence electrons. The molecule has 0 saturated heterocycles. The van der Waals surface area contributed by atoms with Gasteiger partial charge in [-0.1, -0.05) is 20.8 Å². The van der Waals surface area contributed by atoms with Crippen molar-refractivity contribution in [3.8, 4) is 23.3 Å². The highest BCUT2D eigenvalue weighted by molar-refractivity contribution is 7.14. The number of rotatable bonds is 6. The summed E-state index contributed by atoms with van der Waals surface area (Å²) in [5.41, 5.74) is 2.09. The van der Waals surface area contributed by atoms with Gasteiger partial charge in [0.05, 0.1) is 32.3 Å². The first-order valence-electron chi connectivity index (χ1n) is 10.3. The molecule has 0 unspecified atom stereocenters. The number of methoxy groups -OCH3 is 3. The number of carbonyl (C=O) groups is 1. The van der Waals surface area contributed by atoms with Gasteiger partial charge in [0.2, 0.25) is 5.75 Å². The third-order valence-electron chi connectivity index (χ3n) is 5.96. The minimum atomic E-state index is -0.845. The molecule has 0 fully saturated rings. The maximum Gasteiger partial charge on any atom is 0.262 e. The highest BCUT2D eigenvalue weighted by atomic mass is 32.1. The molecule has 1 aromatic carbocycles. The van der Waals surface area contributed by atoms with Gasteiger partial charge in [-0.2, -0.15) is 5.26 Å². The van der Waals surface area contributed by atoms with Crippen LogP contribution in [-0.4, -0.2) is 27.2 Å². The zero-order valence-electron chi connectivity index (χ0n) is 19.0. The van der Waals surface area contributed by atoms with E-state index >= 15 is 0 Å². The Morgan fingerprint density at radius 1 is 1.16 bits per heavy atom. The Kier molecular flexibility index (Phi) is 6.80. The quantitative estimate of drug-likeness (QED) is 0.687. The van der Waals surface area contributed by atoms with Gasteiger partial charge < -0.3 is 19.5 Å². The molecule has 1 aromatic heterocycles. The molecule has 1 N–H and O–H groups in total. The van der Waals surface area contributed by atoms with E-state index in [9.17, 15) is 10.1 Å². The van der Waals surface area contributed by atoms with Gasteiger partial charge >= 0.3 is 0 Å². The normalized spacial score (nSPS) is 16.6. The number of aryl methyl sites for hydroxylation is 1.